The number of carbonyl (C=O) groups is 3. The van der Waals surface area contributed by atoms with Gasteiger partial charge in [0, 0.05) is 10.7 Å². The summed E-state index contributed by atoms with van der Waals surface area (Å²) in [5.41, 5.74) is 2.47. The number of ether oxygens (including phenoxy) is 1. The van der Waals surface area contributed by atoms with Crippen molar-refractivity contribution < 1.29 is 19.1 Å². The molecule has 0 saturated heterocycles. The molecule has 10 heteroatoms. The van der Waals surface area contributed by atoms with E-state index in [1.54, 1.807) is 56.3 Å². The van der Waals surface area contributed by atoms with Crippen LogP contribution in [0.3, 0.4) is 0 Å². The summed E-state index contributed by atoms with van der Waals surface area (Å²) < 4.78 is 6.32. The van der Waals surface area contributed by atoms with Crippen molar-refractivity contribution in [3.8, 4) is 0 Å². The van der Waals surface area contributed by atoms with Gasteiger partial charge in [-0.25, -0.2) is 9.48 Å². The Labute approximate surface area is 189 Å². The van der Waals surface area contributed by atoms with Gasteiger partial charge in [-0.2, -0.15) is 0 Å². The second-order valence-corrected chi connectivity index (χ2v) is 7.35. The SMILES string of the molecule is CCOC(=O)c1ccccc1NC(=O)Cn1nnc(C(=O)Nc2cc(Cl)ccc2C)c1C. The number of nitrogens with one attached hydrogen (secondary N) is 2. The fourth-order valence-corrected chi connectivity index (χ4v) is 3.11. The highest BCUT2D eigenvalue weighted by Crippen LogP contribution is 2.21. The average Bonchev–Trinajstić information content (AvgIpc) is 3.11. The minimum atomic E-state index is -0.532. The molecule has 3 aromatic rings. The van der Waals surface area contributed by atoms with E-state index in [4.69, 9.17) is 16.3 Å². The lowest BCUT2D eigenvalue weighted by molar-refractivity contribution is -0.117. The number of benzene rings is 2. The normalized spacial score (nSPS) is 10.5. The first-order valence-electron chi connectivity index (χ1n) is 9.83. The average molecular weight is 456 g/mol. The summed E-state index contributed by atoms with van der Waals surface area (Å²) in [5, 5.41) is 13.7. The molecule has 0 unspecified atom stereocenters. The number of carbonyl (C=O) groups excluding carboxylic acids is 3. The van der Waals surface area contributed by atoms with Crippen molar-refractivity contribution in [3.63, 3.8) is 0 Å². The largest absolute Gasteiger partial charge is 0.462 e. The Morgan fingerprint density at radius 2 is 1.81 bits per heavy atom. The molecule has 1 aromatic heterocycles. The van der Waals surface area contributed by atoms with Crippen molar-refractivity contribution in [2.75, 3.05) is 17.2 Å². The summed E-state index contributed by atoms with van der Waals surface area (Å²) in [6.45, 7) is 5.21. The quantitative estimate of drug-likeness (QED) is 0.526. The lowest BCUT2D eigenvalue weighted by atomic mass is 10.2. The van der Waals surface area contributed by atoms with E-state index in [-0.39, 0.29) is 24.4 Å². The van der Waals surface area contributed by atoms with Gasteiger partial charge in [0.2, 0.25) is 5.91 Å². The molecular formula is C22H22ClN5O4. The summed E-state index contributed by atoms with van der Waals surface area (Å²) in [6.07, 6.45) is 0. The number of nitrogens with zero attached hydrogens (tertiary/aromatic N) is 3. The fraction of sp³-hybridized carbons (Fsp3) is 0.227. The first-order valence-corrected chi connectivity index (χ1v) is 10.2. The molecule has 0 radical (unpaired) electrons. The molecule has 2 amide bonds. The van der Waals surface area contributed by atoms with Gasteiger partial charge in [0.15, 0.2) is 5.69 Å². The van der Waals surface area contributed by atoms with Crippen LogP contribution >= 0.6 is 11.6 Å². The van der Waals surface area contributed by atoms with Crippen LogP contribution in [0.1, 0.15) is 39.0 Å². The maximum Gasteiger partial charge on any atom is 0.340 e. The third kappa shape index (κ3) is 5.30. The van der Waals surface area contributed by atoms with Gasteiger partial charge in [0.05, 0.1) is 23.6 Å². The maximum atomic E-state index is 12.6. The predicted octanol–water partition coefficient (Wildman–Crippen LogP) is 3.62. The number of para-hydroxylation sites is 1. The van der Waals surface area contributed by atoms with E-state index < -0.39 is 17.8 Å². The van der Waals surface area contributed by atoms with Crippen molar-refractivity contribution in [2.24, 2.45) is 0 Å². The van der Waals surface area contributed by atoms with Gasteiger partial charge < -0.3 is 15.4 Å². The molecule has 9 nitrogen and oxygen atoms in total. The number of halogens is 1. The summed E-state index contributed by atoms with van der Waals surface area (Å²) in [6, 6.07) is 11.7. The Bertz CT molecular complexity index is 1170. The van der Waals surface area contributed by atoms with Crippen molar-refractivity contribution in [1.29, 1.82) is 0 Å². The van der Waals surface area contributed by atoms with Crippen LogP contribution in [-0.4, -0.2) is 39.4 Å². The number of hydrogen-bond acceptors (Lipinski definition) is 6. The van der Waals surface area contributed by atoms with E-state index in [1.165, 1.54) is 4.68 Å². The number of anilines is 2. The highest BCUT2D eigenvalue weighted by atomic mass is 35.5. The van der Waals surface area contributed by atoms with Gasteiger partial charge in [0.25, 0.3) is 5.91 Å². The standard InChI is InChI=1S/C22H22ClN5O4/c1-4-32-22(31)16-7-5-6-8-17(16)24-19(29)12-28-14(3)20(26-27-28)21(30)25-18-11-15(23)10-9-13(18)2/h5-11H,4,12H2,1-3H3,(H,24,29)(H,25,30). The van der Waals surface area contributed by atoms with Crippen LogP contribution in [0.25, 0.3) is 0 Å². The molecule has 0 aliphatic carbocycles. The molecule has 0 bridgehead atoms. The van der Waals surface area contributed by atoms with Crippen LogP contribution in [0.5, 0.6) is 0 Å². The highest BCUT2D eigenvalue weighted by molar-refractivity contribution is 6.31. The number of amides is 2. The zero-order valence-corrected chi connectivity index (χ0v) is 18.6. The van der Waals surface area contributed by atoms with E-state index >= 15 is 0 Å². The number of rotatable bonds is 7. The van der Waals surface area contributed by atoms with Crippen molar-refractivity contribution >= 4 is 40.8 Å². The molecule has 0 fully saturated rings. The van der Waals surface area contributed by atoms with Crippen molar-refractivity contribution in [2.45, 2.75) is 27.3 Å². The fourth-order valence-electron chi connectivity index (χ4n) is 2.94. The van der Waals surface area contributed by atoms with Crippen LogP contribution in [-0.2, 0) is 16.1 Å². The van der Waals surface area contributed by atoms with Gasteiger partial charge in [-0.15, -0.1) is 5.10 Å². The van der Waals surface area contributed by atoms with Crippen LogP contribution in [0.2, 0.25) is 5.02 Å². The number of aromatic nitrogens is 3. The van der Waals surface area contributed by atoms with E-state index in [0.29, 0.717) is 22.1 Å². The van der Waals surface area contributed by atoms with Crippen molar-refractivity contribution in [3.05, 3.63) is 70.0 Å². The Hall–Kier alpha value is -3.72. The number of aryl methyl sites for hydroxylation is 1. The highest BCUT2D eigenvalue weighted by Gasteiger charge is 2.20. The molecule has 1 heterocycles. The summed E-state index contributed by atoms with van der Waals surface area (Å²) in [4.78, 5) is 37.3. The maximum absolute atomic E-state index is 12.6. The van der Waals surface area contributed by atoms with Crippen LogP contribution in [0.15, 0.2) is 42.5 Å². The number of esters is 1. The minimum absolute atomic E-state index is 0.0871. The Balaban J connectivity index is 1.71. The summed E-state index contributed by atoms with van der Waals surface area (Å²) >= 11 is 6.00. The lowest BCUT2D eigenvalue weighted by Gasteiger charge is -2.11. The molecule has 32 heavy (non-hydrogen) atoms. The van der Waals surface area contributed by atoms with Crippen LogP contribution < -0.4 is 10.6 Å². The lowest BCUT2D eigenvalue weighted by Crippen LogP contribution is -2.22. The molecule has 2 N–H and O–H groups in total. The summed E-state index contributed by atoms with van der Waals surface area (Å²) in [5.74, 6) is -1.44. The molecule has 166 valence electrons. The number of hydrogen-bond donors (Lipinski definition) is 2. The molecule has 0 spiro atoms. The van der Waals surface area contributed by atoms with Gasteiger partial charge in [-0.05, 0) is 50.6 Å². The Morgan fingerprint density at radius 3 is 2.56 bits per heavy atom. The molecule has 0 aliphatic rings. The van der Waals surface area contributed by atoms with E-state index in [2.05, 4.69) is 20.9 Å². The first kappa shape index (κ1) is 23.0. The summed E-state index contributed by atoms with van der Waals surface area (Å²) in [7, 11) is 0. The van der Waals surface area contributed by atoms with Gasteiger partial charge >= 0.3 is 5.97 Å². The second kappa shape index (κ2) is 10.1. The third-order valence-electron chi connectivity index (χ3n) is 4.64. The Kier molecular flexibility index (Phi) is 7.21. The van der Waals surface area contributed by atoms with Crippen molar-refractivity contribution in [1.82, 2.24) is 15.0 Å². The molecular weight excluding hydrogens is 434 g/mol. The van der Waals surface area contributed by atoms with E-state index in [0.717, 1.165) is 5.56 Å². The van der Waals surface area contributed by atoms with Gasteiger partial charge in [-0.1, -0.05) is 35.0 Å². The zero-order valence-electron chi connectivity index (χ0n) is 17.8. The first-order chi connectivity index (χ1) is 15.3. The molecule has 0 saturated carbocycles. The molecule has 0 atom stereocenters. The van der Waals surface area contributed by atoms with E-state index in [1.807, 2.05) is 6.92 Å². The second-order valence-electron chi connectivity index (χ2n) is 6.91. The molecule has 0 aliphatic heterocycles. The van der Waals surface area contributed by atoms with Crippen LogP contribution in [0, 0.1) is 13.8 Å². The Morgan fingerprint density at radius 1 is 1.06 bits per heavy atom. The smallest absolute Gasteiger partial charge is 0.340 e. The zero-order chi connectivity index (χ0) is 23.3. The predicted molar refractivity (Wildman–Crippen MR) is 120 cm³/mol. The third-order valence-corrected chi connectivity index (χ3v) is 4.87. The molecule has 3 rings (SSSR count). The van der Waals surface area contributed by atoms with Gasteiger partial charge in [-0.3, -0.25) is 9.59 Å². The van der Waals surface area contributed by atoms with Gasteiger partial charge in [0.1, 0.15) is 6.54 Å². The van der Waals surface area contributed by atoms with E-state index in [9.17, 15) is 14.4 Å². The topological polar surface area (TPSA) is 115 Å². The van der Waals surface area contributed by atoms with Crippen LogP contribution in [0.4, 0.5) is 11.4 Å². The monoisotopic (exact) mass is 455 g/mol. The minimum Gasteiger partial charge on any atom is -0.462 e. The molecule has 2 aromatic carbocycles.